The van der Waals surface area contributed by atoms with Crippen molar-refractivity contribution < 1.29 is 28.8 Å². The Labute approximate surface area is 138 Å². The number of nitrogens with zero attached hydrogens (tertiary/aromatic N) is 1. The van der Waals surface area contributed by atoms with Gasteiger partial charge in [-0.3, -0.25) is 9.59 Å². The molecule has 0 N–H and O–H groups in total. The van der Waals surface area contributed by atoms with Gasteiger partial charge in [0.15, 0.2) is 0 Å². The van der Waals surface area contributed by atoms with Gasteiger partial charge in [-0.1, -0.05) is 11.5 Å². The molecule has 1 aliphatic carbocycles. The van der Waals surface area contributed by atoms with Gasteiger partial charge in [0.1, 0.15) is 6.10 Å². The van der Waals surface area contributed by atoms with Crippen LogP contribution in [0.15, 0.2) is 18.2 Å². The van der Waals surface area contributed by atoms with Crippen molar-refractivity contribution in [1.82, 2.24) is 5.06 Å². The molecular weight excluding hydrogens is 314 g/mol. The lowest BCUT2D eigenvalue weighted by Gasteiger charge is -2.21. The molecule has 7 nitrogen and oxygen atoms in total. The molecular formula is C17H17NO6. The van der Waals surface area contributed by atoms with Crippen LogP contribution < -0.4 is 0 Å². The Balaban J connectivity index is 1.78. The van der Waals surface area contributed by atoms with Crippen LogP contribution in [0.4, 0.5) is 0 Å². The molecule has 0 saturated heterocycles. The number of carbonyl (C=O) groups excluding carboxylic acids is 4. The van der Waals surface area contributed by atoms with E-state index in [-0.39, 0.29) is 22.8 Å². The second kappa shape index (κ2) is 6.43. The van der Waals surface area contributed by atoms with E-state index in [4.69, 9.17) is 4.74 Å². The largest absolute Gasteiger partial charge is 0.459 e. The predicted octanol–water partition coefficient (Wildman–Crippen LogP) is 2.25. The molecule has 0 aromatic heterocycles. The highest BCUT2D eigenvalue weighted by Crippen LogP contribution is 2.26. The summed E-state index contributed by atoms with van der Waals surface area (Å²) >= 11 is 0. The first-order valence-electron chi connectivity index (χ1n) is 7.89. The number of hydroxylamine groups is 2. The fraction of sp³-hybridized carbons (Fsp3) is 0.412. The lowest BCUT2D eigenvalue weighted by atomic mass is 9.97. The van der Waals surface area contributed by atoms with E-state index in [2.05, 4.69) is 4.84 Å². The van der Waals surface area contributed by atoms with Gasteiger partial charge in [0.2, 0.25) is 0 Å². The standard InChI is InChI=1S/C17H17NO6/c1-10(19)24-18-15(20)13-8-7-11(9-14(13)16(18)21)17(22)23-12-5-3-2-4-6-12/h7-9,12H,2-6H2,1H3. The first kappa shape index (κ1) is 16.2. The number of benzene rings is 1. The van der Waals surface area contributed by atoms with Gasteiger partial charge in [0, 0.05) is 6.92 Å². The van der Waals surface area contributed by atoms with E-state index in [9.17, 15) is 19.2 Å². The van der Waals surface area contributed by atoms with Crippen molar-refractivity contribution in [3.05, 3.63) is 34.9 Å². The van der Waals surface area contributed by atoms with Gasteiger partial charge in [0.05, 0.1) is 16.7 Å². The van der Waals surface area contributed by atoms with Gasteiger partial charge in [-0.15, -0.1) is 0 Å². The van der Waals surface area contributed by atoms with E-state index in [1.165, 1.54) is 18.2 Å². The molecule has 0 atom stereocenters. The molecule has 0 radical (unpaired) electrons. The number of fused-ring (bicyclic) bond motifs is 1. The van der Waals surface area contributed by atoms with Gasteiger partial charge in [-0.05, 0) is 43.9 Å². The van der Waals surface area contributed by atoms with Crippen molar-refractivity contribution in [2.45, 2.75) is 45.1 Å². The molecule has 2 aliphatic rings. The molecule has 0 unspecified atom stereocenters. The first-order chi connectivity index (χ1) is 11.5. The topological polar surface area (TPSA) is 90.0 Å². The number of carbonyl (C=O) groups is 4. The van der Waals surface area contributed by atoms with E-state index < -0.39 is 23.8 Å². The third-order valence-electron chi connectivity index (χ3n) is 4.13. The van der Waals surface area contributed by atoms with Crippen LogP contribution in [0.25, 0.3) is 0 Å². The summed E-state index contributed by atoms with van der Waals surface area (Å²) in [6.07, 6.45) is 4.80. The van der Waals surface area contributed by atoms with Crippen LogP contribution in [0.5, 0.6) is 0 Å². The van der Waals surface area contributed by atoms with Crippen LogP contribution in [0, 0.1) is 0 Å². The van der Waals surface area contributed by atoms with Gasteiger partial charge in [0.25, 0.3) is 11.8 Å². The minimum atomic E-state index is -0.776. The van der Waals surface area contributed by atoms with Gasteiger partial charge in [-0.2, -0.15) is 0 Å². The highest BCUT2D eigenvalue weighted by molar-refractivity contribution is 6.21. The summed E-state index contributed by atoms with van der Waals surface area (Å²) in [7, 11) is 0. The van der Waals surface area contributed by atoms with E-state index in [0.717, 1.165) is 39.0 Å². The number of hydrogen-bond acceptors (Lipinski definition) is 6. The smallest absolute Gasteiger partial charge is 0.338 e. The van der Waals surface area contributed by atoms with Crippen molar-refractivity contribution >= 4 is 23.8 Å². The highest BCUT2D eigenvalue weighted by atomic mass is 16.7. The summed E-state index contributed by atoms with van der Waals surface area (Å²) in [5, 5.41) is 0.406. The number of rotatable bonds is 3. The molecule has 7 heteroatoms. The summed E-state index contributed by atoms with van der Waals surface area (Å²) in [5.41, 5.74) is 0.319. The zero-order valence-corrected chi connectivity index (χ0v) is 13.2. The predicted molar refractivity (Wildman–Crippen MR) is 81.0 cm³/mol. The first-order valence-corrected chi connectivity index (χ1v) is 7.89. The molecule has 1 aliphatic heterocycles. The summed E-state index contributed by atoms with van der Waals surface area (Å²) in [5.74, 6) is -2.78. The van der Waals surface area contributed by atoms with Crippen molar-refractivity contribution in [2.24, 2.45) is 0 Å². The number of esters is 1. The Bertz CT molecular complexity index is 720. The van der Waals surface area contributed by atoms with Crippen LogP contribution in [0.2, 0.25) is 0 Å². The minimum absolute atomic E-state index is 0.0272. The van der Waals surface area contributed by atoms with E-state index in [0.29, 0.717) is 5.06 Å². The zero-order chi connectivity index (χ0) is 17.3. The molecule has 1 heterocycles. The Morgan fingerprint density at radius 1 is 1.04 bits per heavy atom. The summed E-state index contributed by atoms with van der Waals surface area (Å²) in [6, 6.07) is 4.12. The number of ether oxygens (including phenoxy) is 1. The Morgan fingerprint density at radius 2 is 1.71 bits per heavy atom. The molecule has 0 bridgehead atoms. The molecule has 24 heavy (non-hydrogen) atoms. The maximum absolute atomic E-state index is 12.2. The van der Waals surface area contributed by atoms with Crippen LogP contribution in [-0.2, 0) is 14.4 Å². The van der Waals surface area contributed by atoms with Crippen molar-refractivity contribution in [3.8, 4) is 0 Å². The van der Waals surface area contributed by atoms with Crippen LogP contribution >= 0.6 is 0 Å². The second-order valence-electron chi connectivity index (χ2n) is 5.91. The maximum atomic E-state index is 12.2. The second-order valence-corrected chi connectivity index (χ2v) is 5.91. The fourth-order valence-corrected chi connectivity index (χ4v) is 2.96. The third kappa shape index (κ3) is 3.02. The quantitative estimate of drug-likeness (QED) is 0.623. The number of amides is 2. The van der Waals surface area contributed by atoms with E-state index >= 15 is 0 Å². The fourth-order valence-electron chi connectivity index (χ4n) is 2.96. The molecule has 1 aromatic rings. The Kier molecular flexibility index (Phi) is 4.33. The lowest BCUT2D eigenvalue weighted by Crippen LogP contribution is -2.31. The average molecular weight is 331 g/mol. The lowest BCUT2D eigenvalue weighted by molar-refractivity contribution is -0.165. The molecule has 0 spiro atoms. The maximum Gasteiger partial charge on any atom is 0.338 e. The molecule has 2 amide bonds. The van der Waals surface area contributed by atoms with Gasteiger partial charge < -0.3 is 9.57 Å². The van der Waals surface area contributed by atoms with Crippen LogP contribution in [0.3, 0.4) is 0 Å². The van der Waals surface area contributed by atoms with E-state index in [1.807, 2.05) is 0 Å². The van der Waals surface area contributed by atoms with Gasteiger partial charge in [-0.25, -0.2) is 9.59 Å². The number of hydrogen-bond donors (Lipinski definition) is 0. The molecule has 1 fully saturated rings. The molecule has 3 rings (SSSR count). The molecule has 1 aromatic carbocycles. The summed E-state index contributed by atoms with van der Waals surface area (Å²) in [6.45, 7) is 1.09. The Hall–Kier alpha value is -2.70. The SMILES string of the molecule is CC(=O)ON1C(=O)c2ccc(C(=O)OC3CCCCC3)cc2C1=O. The molecule has 1 saturated carbocycles. The van der Waals surface area contributed by atoms with E-state index in [1.54, 1.807) is 0 Å². The highest BCUT2D eigenvalue weighted by Gasteiger charge is 2.39. The normalized spacial score (nSPS) is 17.6. The van der Waals surface area contributed by atoms with Crippen molar-refractivity contribution in [2.75, 3.05) is 0 Å². The van der Waals surface area contributed by atoms with Crippen molar-refractivity contribution in [3.63, 3.8) is 0 Å². The summed E-state index contributed by atoms with van der Waals surface area (Å²) < 4.78 is 5.46. The van der Waals surface area contributed by atoms with Crippen LogP contribution in [0.1, 0.15) is 70.1 Å². The Morgan fingerprint density at radius 3 is 2.38 bits per heavy atom. The molecule has 126 valence electrons. The average Bonchev–Trinajstić information content (AvgIpc) is 2.80. The van der Waals surface area contributed by atoms with Crippen LogP contribution in [-0.4, -0.2) is 34.9 Å². The van der Waals surface area contributed by atoms with Crippen molar-refractivity contribution in [1.29, 1.82) is 0 Å². The number of imide groups is 1. The third-order valence-corrected chi connectivity index (χ3v) is 4.13. The monoisotopic (exact) mass is 331 g/mol. The minimum Gasteiger partial charge on any atom is -0.459 e. The summed E-state index contributed by atoms with van der Waals surface area (Å²) in [4.78, 5) is 52.1. The zero-order valence-electron chi connectivity index (χ0n) is 13.2. The van der Waals surface area contributed by atoms with Gasteiger partial charge >= 0.3 is 11.9 Å².